The van der Waals surface area contributed by atoms with Gasteiger partial charge in [-0.3, -0.25) is 15.2 Å². The maximum Gasteiger partial charge on any atom is 0.258 e. The summed E-state index contributed by atoms with van der Waals surface area (Å²) < 4.78 is 0. The predicted octanol–water partition coefficient (Wildman–Crippen LogP) is 3.59. The van der Waals surface area contributed by atoms with E-state index < -0.39 is 0 Å². The smallest absolute Gasteiger partial charge is 0.258 e. The molecule has 2 aliphatic carbocycles. The van der Waals surface area contributed by atoms with Gasteiger partial charge >= 0.3 is 0 Å². The summed E-state index contributed by atoms with van der Waals surface area (Å²) in [5, 5.41) is 9.78. The van der Waals surface area contributed by atoms with Crippen molar-refractivity contribution in [1.29, 1.82) is 0 Å². The molecule has 5 heteroatoms. The Balaban J connectivity index is 1.41. The number of amides is 1. The van der Waals surface area contributed by atoms with Gasteiger partial charge in [0.2, 0.25) is 5.95 Å². The Morgan fingerprint density at radius 3 is 2.32 bits per heavy atom. The predicted molar refractivity (Wildman–Crippen MR) is 84.0 cm³/mol. The van der Waals surface area contributed by atoms with Crippen molar-refractivity contribution < 1.29 is 4.79 Å². The molecule has 2 saturated carbocycles. The number of nitrogens with one attached hydrogen (secondary N) is 2. The zero-order valence-corrected chi connectivity index (χ0v) is 12.5. The van der Waals surface area contributed by atoms with E-state index in [1.54, 1.807) is 0 Å². The lowest BCUT2D eigenvalue weighted by Crippen LogP contribution is -2.14. The number of rotatable bonds is 4. The van der Waals surface area contributed by atoms with Crippen LogP contribution in [0, 0.1) is 0 Å². The molecular weight excluding hydrogens is 276 g/mol. The summed E-state index contributed by atoms with van der Waals surface area (Å²) >= 11 is 0. The third-order valence-electron chi connectivity index (χ3n) is 4.97. The average molecular weight is 296 g/mol. The second-order valence-corrected chi connectivity index (χ2v) is 6.38. The highest BCUT2D eigenvalue weighted by Gasteiger charge is 2.23. The third kappa shape index (κ3) is 2.51. The second kappa shape index (κ2) is 5.55. The van der Waals surface area contributed by atoms with E-state index in [-0.39, 0.29) is 5.91 Å². The van der Waals surface area contributed by atoms with Crippen molar-refractivity contribution in [1.82, 2.24) is 15.2 Å². The zero-order chi connectivity index (χ0) is 14.9. The van der Waals surface area contributed by atoms with Crippen LogP contribution in [0.25, 0.3) is 0 Å². The molecule has 0 aliphatic heterocycles. The average Bonchev–Trinajstić information content (AvgIpc) is 2.83. The van der Waals surface area contributed by atoms with Crippen molar-refractivity contribution in [2.45, 2.75) is 50.4 Å². The number of H-pyrrole nitrogens is 1. The van der Waals surface area contributed by atoms with Gasteiger partial charge in [-0.25, -0.2) is 0 Å². The monoisotopic (exact) mass is 296 g/mol. The van der Waals surface area contributed by atoms with Gasteiger partial charge in [-0.2, -0.15) is 4.98 Å². The lowest BCUT2D eigenvalue weighted by Gasteiger charge is -2.25. The molecule has 0 unspecified atom stereocenters. The molecule has 0 saturated heterocycles. The number of nitrogens with zero attached hydrogens (tertiary/aromatic N) is 2. The Morgan fingerprint density at radius 1 is 1.05 bits per heavy atom. The van der Waals surface area contributed by atoms with E-state index in [2.05, 4.69) is 32.6 Å². The van der Waals surface area contributed by atoms with Crippen molar-refractivity contribution in [2.75, 3.05) is 5.32 Å². The normalized spacial score (nSPS) is 18.5. The van der Waals surface area contributed by atoms with Gasteiger partial charge in [-0.1, -0.05) is 25.0 Å². The number of carbonyl (C=O) groups excluding carboxylic acids is 1. The molecule has 2 aliphatic rings. The number of carbonyl (C=O) groups is 1. The number of aromatic amines is 1. The number of anilines is 1. The lowest BCUT2D eigenvalue weighted by atomic mass is 9.80. The van der Waals surface area contributed by atoms with E-state index in [0.29, 0.717) is 23.3 Å². The first-order valence-electron chi connectivity index (χ1n) is 8.13. The molecule has 5 nitrogen and oxygen atoms in total. The van der Waals surface area contributed by atoms with Crippen LogP contribution in [-0.4, -0.2) is 21.1 Å². The van der Waals surface area contributed by atoms with Crippen LogP contribution in [0.3, 0.4) is 0 Å². The number of aromatic nitrogens is 3. The van der Waals surface area contributed by atoms with Crippen LogP contribution in [0.2, 0.25) is 0 Å². The number of hydrogen-bond acceptors (Lipinski definition) is 3. The summed E-state index contributed by atoms with van der Waals surface area (Å²) in [7, 11) is 0. The van der Waals surface area contributed by atoms with E-state index in [9.17, 15) is 4.79 Å². The van der Waals surface area contributed by atoms with Gasteiger partial charge in [-0.15, -0.1) is 5.10 Å². The maximum absolute atomic E-state index is 12.2. The topological polar surface area (TPSA) is 70.7 Å². The Morgan fingerprint density at radius 2 is 1.73 bits per heavy atom. The molecule has 2 fully saturated rings. The first-order valence-corrected chi connectivity index (χ1v) is 8.13. The fraction of sp³-hybridized carbons (Fsp3) is 0.471. The standard InChI is InChI=1S/C17H20N4O/c22-16(14-9-7-12(8-10-14)11-3-1-4-11)19-17-18-15(20-21-17)13-5-2-6-13/h7-11,13H,1-6H2,(H2,18,19,20,21,22). The molecule has 22 heavy (non-hydrogen) atoms. The van der Waals surface area contributed by atoms with Gasteiger partial charge < -0.3 is 0 Å². The van der Waals surface area contributed by atoms with Crippen molar-refractivity contribution >= 4 is 11.9 Å². The van der Waals surface area contributed by atoms with Gasteiger partial charge in [-0.05, 0) is 49.3 Å². The molecule has 2 aromatic rings. The van der Waals surface area contributed by atoms with E-state index in [1.807, 2.05) is 12.1 Å². The van der Waals surface area contributed by atoms with E-state index in [1.165, 1.54) is 31.2 Å². The summed E-state index contributed by atoms with van der Waals surface area (Å²) in [6.07, 6.45) is 7.43. The van der Waals surface area contributed by atoms with Crippen molar-refractivity contribution in [3.05, 3.63) is 41.2 Å². The van der Waals surface area contributed by atoms with E-state index in [4.69, 9.17) is 0 Å². The molecule has 1 aromatic carbocycles. The summed E-state index contributed by atoms with van der Waals surface area (Å²) in [6.45, 7) is 0. The minimum atomic E-state index is -0.153. The molecule has 0 bridgehead atoms. The van der Waals surface area contributed by atoms with Crippen LogP contribution in [0.4, 0.5) is 5.95 Å². The molecule has 1 aromatic heterocycles. The van der Waals surface area contributed by atoms with Gasteiger partial charge in [0.1, 0.15) is 5.82 Å². The van der Waals surface area contributed by atoms with E-state index in [0.717, 1.165) is 18.7 Å². The highest BCUT2D eigenvalue weighted by molar-refractivity contribution is 6.03. The van der Waals surface area contributed by atoms with Gasteiger partial charge in [0.25, 0.3) is 5.91 Å². The van der Waals surface area contributed by atoms with E-state index >= 15 is 0 Å². The van der Waals surface area contributed by atoms with Gasteiger partial charge in [0.05, 0.1) is 0 Å². The zero-order valence-electron chi connectivity index (χ0n) is 12.5. The molecule has 1 amide bonds. The fourth-order valence-electron chi connectivity index (χ4n) is 3.02. The molecule has 4 rings (SSSR count). The SMILES string of the molecule is O=C(Nc1n[nH]c(C2CCC2)n1)c1ccc(C2CCC2)cc1. The number of hydrogen-bond donors (Lipinski definition) is 2. The minimum absolute atomic E-state index is 0.153. The molecular formula is C17H20N4O. The highest BCUT2D eigenvalue weighted by atomic mass is 16.1. The lowest BCUT2D eigenvalue weighted by molar-refractivity contribution is 0.102. The van der Waals surface area contributed by atoms with Gasteiger partial charge in [0, 0.05) is 11.5 Å². The van der Waals surface area contributed by atoms with Crippen molar-refractivity contribution in [3.63, 3.8) is 0 Å². The number of benzene rings is 1. The Kier molecular flexibility index (Phi) is 3.41. The quantitative estimate of drug-likeness (QED) is 0.905. The molecule has 2 N–H and O–H groups in total. The third-order valence-corrected chi connectivity index (χ3v) is 4.97. The molecule has 1 heterocycles. The molecule has 114 valence electrons. The summed E-state index contributed by atoms with van der Waals surface area (Å²) in [5.74, 6) is 2.28. The summed E-state index contributed by atoms with van der Waals surface area (Å²) in [5.41, 5.74) is 1.99. The summed E-state index contributed by atoms with van der Waals surface area (Å²) in [6, 6.07) is 7.91. The highest BCUT2D eigenvalue weighted by Crippen LogP contribution is 2.36. The first-order chi connectivity index (χ1) is 10.8. The minimum Gasteiger partial charge on any atom is -0.289 e. The van der Waals surface area contributed by atoms with Crippen LogP contribution in [0.1, 0.15) is 72.1 Å². The Labute approximate surface area is 129 Å². The van der Waals surface area contributed by atoms with Crippen LogP contribution < -0.4 is 5.32 Å². The van der Waals surface area contributed by atoms with Crippen LogP contribution >= 0.6 is 0 Å². The fourth-order valence-corrected chi connectivity index (χ4v) is 3.02. The largest absolute Gasteiger partial charge is 0.289 e. The van der Waals surface area contributed by atoms with Crippen LogP contribution in [0.5, 0.6) is 0 Å². The molecule has 0 radical (unpaired) electrons. The molecule has 0 spiro atoms. The Hall–Kier alpha value is -2.17. The maximum atomic E-state index is 12.2. The second-order valence-electron chi connectivity index (χ2n) is 6.38. The van der Waals surface area contributed by atoms with Crippen molar-refractivity contribution in [3.8, 4) is 0 Å². The van der Waals surface area contributed by atoms with Crippen LogP contribution in [0.15, 0.2) is 24.3 Å². The van der Waals surface area contributed by atoms with Crippen LogP contribution in [-0.2, 0) is 0 Å². The van der Waals surface area contributed by atoms with Gasteiger partial charge in [0.15, 0.2) is 0 Å². The first kappa shape index (κ1) is 13.5. The summed E-state index contributed by atoms with van der Waals surface area (Å²) in [4.78, 5) is 16.6. The Bertz CT molecular complexity index is 668. The van der Waals surface area contributed by atoms with Crippen molar-refractivity contribution in [2.24, 2.45) is 0 Å². The molecule has 0 atom stereocenters.